The Kier molecular flexibility index (Phi) is 3.89. The first-order valence-corrected chi connectivity index (χ1v) is 8.30. The number of urea groups is 1. The molecule has 0 spiro atoms. The molecular formula is C21H17N3O2. The van der Waals surface area contributed by atoms with E-state index in [1.807, 2.05) is 42.6 Å². The van der Waals surface area contributed by atoms with Gasteiger partial charge in [-0.2, -0.15) is 0 Å². The minimum Gasteiger partial charge on any atom is -0.343 e. The number of allylic oxidation sites excluding steroid dienone is 1. The van der Waals surface area contributed by atoms with Crippen LogP contribution < -0.4 is 10.2 Å². The van der Waals surface area contributed by atoms with Crippen LogP contribution in [0.15, 0.2) is 79.1 Å². The van der Waals surface area contributed by atoms with Crippen molar-refractivity contribution < 1.29 is 9.59 Å². The summed E-state index contributed by atoms with van der Waals surface area (Å²) in [5, 5.41) is 3.69. The first-order chi connectivity index (χ1) is 12.7. The number of rotatable bonds is 4. The molecule has 0 aliphatic carbocycles. The third-order valence-electron chi connectivity index (χ3n) is 4.34. The van der Waals surface area contributed by atoms with Crippen LogP contribution in [-0.2, 0) is 11.3 Å². The minimum absolute atomic E-state index is 0.264. The maximum atomic E-state index is 12.7. The van der Waals surface area contributed by atoms with Crippen LogP contribution in [0, 0.1) is 0 Å². The molecule has 3 aromatic rings. The van der Waals surface area contributed by atoms with E-state index in [9.17, 15) is 9.59 Å². The summed E-state index contributed by atoms with van der Waals surface area (Å²) in [5.74, 6) is -0.359. The molecule has 0 unspecified atom stereocenters. The molecule has 1 fully saturated rings. The van der Waals surface area contributed by atoms with Crippen molar-refractivity contribution in [3.63, 3.8) is 0 Å². The smallest absolute Gasteiger partial charge is 0.333 e. The topological polar surface area (TPSA) is 54.3 Å². The van der Waals surface area contributed by atoms with Gasteiger partial charge >= 0.3 is 6.03 Å². The van der Waals surface area contributed by atoms with Crippen LogP contribution in [0.4, 0.5) is 10.5 Å². The molecule has 0 bridgehead atoms. The van der Waals surface area contributed by atoms with Gasteiger partial charge in [0.25, 0.3) is 5.91 Å². The molecule has 0 saturated carbocycles. The Labute approximate surface area is 150 Å². The fraction of sp³-hybridized carbons (Fsp3) is 0.0476. The predicted molar refractivity (Wildman–Crippen MR) is 103 cm³/mol. The Balaban J connectivity index is 1.76. The average Bonchev–Trinajstić information content (AvgIpc) is 3.14. The number of imide groups is 1. The van der Waals surface area contributed by atoms with Crippen molar-refractivity contribution in [1.82, 2.24) is 9.88 Å². The van der Waals surface area contributed by atoms with Crippen molar-refractivity contribution in [2.45, 2.75) is 6.54 Å². The van der Waals surface area contributed by atoms with Gasteiger partial charge in [-0.3, -0.25) is 4.79 Å². The Bertz CT molecular complexity index is 1050. The number of anilines is 1. The van der Waals surface area contributed by atoms with E-state index in [0.29, 0.717) is 12.2 Å². The number of fused-ring (bicyclic) bond motifs is 1. The lowest BCUT2D eigenvalue weighted by Crippen LogP contribution is -2.30. The first-order valence-electron chi connectivity index (χ1n) is 8.30. The maximum absolute atomic E-state index is 12.7. The van der Waals surface area contributed by atoms with Gasteiger partial charge in [-0.25, -0.2) is 9.69 Å². The molecule has 0 radical (unpaired) electrons. The lowest BCUT2D eigenvalue weighted by molar-refractivity contribution is -0.113. The van der Waals surface area contributed by atoms with E-state index in [0.717, 1.165) is 21.4 Å². The van der Waals surface area contributed by atoms with Crippen LogP contribution >= 0.6 is 0 Å². The zero-order chi connectivity index (χ0) is 18.1. The number of aromatic nitrogens is 1. The van der Waals surface area contributed by atoms with Gasteiger partial charge in [-0.05, 0) is 24.3 Å². The Hall–Kier alpha value is -3.60. The van der Waals surface area contributed by atoms with E-state index >= 15 is 0 Å². The van der Waals surface area contributed by atoms with E-state index < -0.39 is 6.03 Å². The van der Waals surface area contributed by atoms with Gasteiger partial charge in [0.2, 0.25) is 0 Å². The number of nitrogens with one attached hydrogen (secondary N) is 1. The molecule has 1 aromatic heterocycles. The summed E-state index contributed by atoms with van der Waals surface area (Å²) in [6, 6.07) is 16.4. The summed E-state index contributed by atoms with van der Waals surface area (Å²) < 4.78 is 2.06. The zero-order valence-corrected chi connectivity index (χ0v) is 14.1. The molecule has 4 rings (SSSR count). The SMILES string of the molecule is C=CCn1cc(C=C2NC(=O)N(c3ccccc3)C2=O)c2ccccc21. The highest BCUT2D eigenvalue weighted by Gasteiger charge is 2.34. The number of carbonyl (C=O) groups excluding carboxylic acids is 2. The second-order valence-electron chi connectivity index (χ2n) is 6.01. The largest absolute Gasteiger partial charge is 0.343 e. The number of para-hydroxylation sites is 2. The van der Waals surface area contributed by atoms with Crippen LogP contribution in [0.5, 0.6) is 0 Å². The van der Waals surface area contributed by atoms with Gasteiger partial charge in [0.1, 0.15) is 5.70 Å². The Morgan fingerprint density at radius 1 is 1.00 bits per heavy atom. The van der Waals surface area contributed by atoms with Crippen LogP contribution in [0.25, 0.3) is 17.0 Å². The maximum Gasteiger partial charge on any atom is 0.333 e. The van der Waals surface area contributed by atoms with Crippen molar-refractivity contribution in [3.8, 4) is 0 Å². The number of hydrogen-bond acceptors (Lipinski definition) is 2. The summed E-state index contributed by atoms with van der Waals surface area (Å²) in [7, 11) is 0. The van der Waals surface area contributed by atoms with Gasteiger partial charge in [-0.1, -0.05) is 42.5 Å². The molecular weight excluding hydrogens is 326 g/mol. The third kappa shape index (κ3) is 2.59. The Morgan fingerprint density at radius 2 is 1.73 bits per heavy atom. The van der Waals surface area contributed by atoms with E-state index in [-0.39, 0.29) is 11.6 Å². The molecule has 1 aliphatic rings. The molecule has 26 heavy (non-hydrogen) atoms. The Morgan fingerprint density at radius 3 is 2.50 bits per heavy atom. The highest BCUT2D eigenvalue weighted by atomic mass is 16.2. The molecule has 5 heteroatoms. The third-order valence-corrected chi connectivity index (χ3v) is 4.34. The highest BCUT2D eigenvalue weighted by Crippen LogP contribution is 2.26. The van der Waals surface area contributed by atoms with Crippen LogP contribution in [0.2, 0.25) is 0 Å². The van der Waals surface area contributed by atoms with E-state index in [1.54, 1.807) is 30.3 Å². The number of benzene rings is 2. The number of nitrogens with zero attached hydrogens (tertiary/aromatic N) is 2. The van der Waals surface area contributed by atoms with Gasteiger partial charge < -0.3 is 9.88 Å². The zero-order valence-electron chi connectivity index (χ0n) is 14.1. The average molecular weight is 343 g/mol. The van der Waals surface area contributed by atoms with E-state index in [2.05, 4.69) is 16.5 Å². The molecule has 3 amide bonds. The van der Waals surface area contributed by atoms with Gasteiger partial charge in [0.05, 0.1) is 5.69 Å². The second-order valence-corrected chi connectivity index (χ2v) is 6.01. The van der Waals surface area contributed by atoms with Crippen molar-refractivity contribution in [2.75, 3.05) is 4.90 Å². The molecule has 0 atom stereocenters. The molecule has 2 heterocycles. The molecule has 5 nitrogen and oxygen atoms in total. The normalized spacial score (nSPS) is 15.7. The minimum atomic E-state index is -0.442. The first kappa shape index (κ1) is 15.9. The fourth-order valence-electron chi connectivity index (χ4n) is 3.18. The monoisotopic (exact) mass is 343 g/mol. The van der Waals surface area contributed by atoms with Crippen molar-refractivity contribution in [1.29, 1.82) is 0 Å². The lowest BCUT2D eigenvalue weighted by Gasteiger charge is -2.10. The molecule has 2 aromatic carbocycles. The van der Waals surface area contributed by atoms with Gasteiger partial charge in [0.15, 0.2) is 0 Å². The fourth-order valence-corrected chi connectivity index (χ4v) is 3.18. The summed E-state index contributed by atoms with van der Waals surface area (Å²) in [6.45, 7) is 4.45. The van der Waals surface area contributed by atoms with E-state index in [1.165, 1.54) is 0 Å². The van der Waals surface area contributed by atoms with Crippen molar-refractivity contribution in [2.24, 2.45) is 0 Å². The molecule has 1 saturated heterocycles. The quantitative estimate of drug-likeness (QED) is 0.443. The standard InChI is InChI=1S/C21H17N3O2/c1-2-12-23-14-15(17-10-6-7-11-19(17)23)13-18-20(25)24(21(26)22-18)16-8-4-3-5-9-16/h2-11,13-14H,1,12H2,(H,22,26). The van der Waals surface area contributed by atoms with Crippen LogP contribution in [0.3, 0.4) is 0 Å². The van der Waals surface area contributed by atoms with Crippen molar-refractivity contribution in [3.05, 3.63) is 84.7 Å². The number of hydrogen-bond donors (Lipinski definition) is 1. The summed E-state index contributed by atoms with van der Waals surface area (Å²) in [6.07, 6.45) is 5.51. The summed E-state index contributed by atoms with van der Waals surface area (Å²) >= 11 is 0. The highest BCUT2D eigenvalue weighted by molar-refractivity contribution is 6.28. The lowest BCUT2D eigenvalue weighted by atomic mass is 10.1. The van der Waals surface area contributed by atoms with Crippen LogP contribution in [-0.4, -0.2) is 16.5 Å². The summed E-state index contributed by atoms with van der Waals surface area (Å²) in [4.78, 5) is 26.2. The second kappa shape index (κ2) is 6.37. The molecule has 1 aliphatic heterocycles. The summed E-state index contributed by atoms with van der Waals surface area (Å²) in [5.41, 5.74) is 2.74. The number of carbonyl (C=O) groups is 2. The van der Waals surface area contributed by atoms with Crippen molar-refractivity contribution >= 4 is 34.6 Å². The van der Waals surface area contributed by atoms with Gasteiger partial charge in [-0.15, -0.1) is 6.58 Å². The molecule has 128 valence electrons. The van der Waals surface area contributed by atoms with E-state index in [4.69, 9.17) is 0 Å². The van der Waals surface area contributed by atoms with Gasteiger partial charge in [0, 0.05) is 29.2 Å². The number of amides is 3. The van der Waals surface area contributed by atoms with Crippen LogP contribution in [0.1, 0.15) is 5.56 Å². The molecule has 1 N–H and O–H groups in total. The predicted octanol–water partition coefficient (Wildman–Crippen LogP) is 3.92.